The molecule has 0 fully saturated rings. The van der Waals surface area contributed by atoms with Gasteiger partial charge in [0.15, 0.2) is 5.41 Å². The van der Waals surface area contributed by atoms with Gasteiger partial charge >= 0.3 is 11.9 Å². The normalized spacial score (nSPS) is 11.5. The van der Waals surface area contributed by atoms with Gasteiger partial charge in [-0.15, -0.1) is 0 Å². The van der Waals surface area contributed by atoms with Gasteiger partial charge in [0.25, 0.3) is 0 Å². The van der Waals surface area contributed by atoms with Gasteiger partial charge in [0.1, 0.15) is 0 Å². The first-order valence-electron chi connectivity index (χ1n) is 8.32. The van der Waals surface area contributed by atoms with Crippen LogP contribution in [0.2, 0.25) is 0 Å². The minimum absolute atomic E-state index is 0.225. The molecule has 0 rings (SSSR count). The molecule has 0 saturated carbocycles. The van der Waals surface area contributed by atoms with Gasteiger partial charge in [0, 0.05) is 0 Å². The molecule has 0 atom stereocenters. The lowest BCUT2D eigenvalue weighted by atomic mass is 9.82. The lowest BCUT2D eigenvalue weighted by molar-refractivity contribution is -0.175. The Morgan fingerprint density at radius 2 is 1.48 bits per heavy atom. The zero-order valence-corrected chi connectivity index (χ0v) is 14.4. The molecule has 0 saturated heterocycles. The second-order valence-electron chi connectivity index (χ2n) is 5.79. The van der Waals surface area contributed by atoms with Crippen LogP contribution in [-0.2, 0) is 19.1 Å². The monoisotopic (exact) mass is 300 g/mol. The summed E-state index contributed by atoms with van der Waals surface area (Å²) in [4.78, 5) is 24.5. The molecule has 0 spiro atoms. The van der Waals surface area contributed by atoms with Crippen molar-refractivity contribution in [2.24, 2.45) is 5.41 Å². The van der Waals surface area contributed by atoms with Gasteiger partial charge in [-0.25, -0.2) is 0 Å². The molecule has 4 nitrogen and oxygen atoms in total. The first-order valence-corrected chi connectivity index (χ1v) is 8.32. The summed E-state index contributed by atoms with van der Waals surface area (Å²) >= 11 is 0. The number of hydrogen-bond acceptors (Lipinski definition) is 4. The van der Waals surface area contributed by atoms with Crippen molar-refractivity contribution in [3.05, 3.63) is 0 Å². The minimum Gasteiger partial charge on any atom is -0.465 e. The predicted octanol–water partition coefficient (Wildman–Crippen LogP) is 4.26. The molecule has 21 heavy (non-hydrogen) atoms. The van der Waals surface area contributed by atoms with Crippen LogP contribution in [0.4, 0.5) is 0 Å². The van der Waals surface area contributed by atoms with Crippen LogP contribution in [0.1, 0.15) is 79.6 Å². The Balaban J connectivity index is 4.44. The van der Waals surface area contributed by atoms with Crippen LogP contribution in [0.25, 0.3) is 0 Å². The first kappa shape index (κ1) is 19.9. The third-order valence-corrected chi connectivity index (χ3v) is 3.81. The molecule has 124 valence electrons. The molecule has 0 aliphatic heterocycles. The molecule has 0 aromatic heterocycles. The maximum atomic E-state index is 12.3. The Morgan fingerprint density at radius 3 is 1.95 bits per heavy atom. The summed E-state index contributed by atoms with van der Waals surface area (Å²) in [7, 11) is 0. The molecule has 0 aromatic rings. The zero-order valence-electron chi connectivity index (χ0n) is 14.4. The molecule has 0 aliphatic carbocycles. The summed E-state index contributed by atoms with van der Waals surface area (Å²) in [6.07, 6.45) is 6.07. The van der Waals surface area contributed by atoms with Crippen molar-refractivity contribution in [2.45, 2.75) is 85.7 Å². The Bertz CT molecular complexity index is 306. The van der Waals surface area contributed by atoms with E-state index in [0.717, 1.165) is 19.3 Å². The number of ether oxygens (including phenoxy) is 2. The van der Waals surface area contributed by atoms with E-state index in [1.807, 2.05) is 13.8 Å². The van der Waals surface area contributed by atoms with E-state index in [2.05, 4.69) is 6.92 Å². The molecule has 0 N–H and O–H groups in total. The van der Waals surface area contributed by atoms with Crippen molar-refractivity contribution < 1.29 is 19.1 Å². The quantitative estimate of drug-likeness (QED) is 0.325. The van der Waals surface area contributed by atoms with Gasteiger partial charge in [0.2, 0.25) is 0 Å². The van der Waals surface area contributed by atoms with Crippen LogP contribution in [0.3, 0.4) is 0 Å². The predicted molar refractivity (Wildman–Crippen MR) is 84.0 cm³/mol. The number of esters is 2. The lowest BCUT2D eigenvalue weighted by Crippen LogP contribution is -2.42. The van der Waals surface area contributed by atoms with E-state index in [4.69, 9.17) is 9.47 Å². The van der Waals surface area contributed by atoms with E-state index in [-0.39, 0.29) is 6.10 Å². The molecule has 0 aromatic carbocycles. The van der Waals surface area contributed by atoms with Crippen LogP contribution in [-0.4, -0.2) is 24.6 Å². The van der Waals surface area contributed by atoms with Gasteiger partial charge in [0.05, 0.1) is 12.7 Å². The molecule has 0 heterocycles. The van der Waals surface area contributed by atoms with Crippen molar-refractivity contribution >= 4 is 11.9 Å². The van der Waals surface area contributed by atoms with Crippen molar-refractivity contribution in [1.29, 1.82) is 0 Å². The number of unbranched alkanes of at least 4 members (excludes halogenated alkanes) is 4. The van der Waals surface area contributed by atoms with Crippen LogP contribution in [0.5, 0.6) is 0 Å². The second-order valence-corrected chi connectivity index (χ2v) is 5.79. The van der Waals surface area contributed by atoms with Gasteiger partial charge < -0.3 is 9.47 Å². The zero-order chi connectivity index (χ0) is 16.3. The van der Waals surface area contributed by atoms with Crippen molar-refractivity contribution in [2.75, 3.05) is 6.61 Å². The molecule has 4 heteroatoms. The maximum Gasteiger partial charge on any atom is 0.323 e. The fourth-order valence-corrected chi connectivity index (χ4v) is 2.25. The van der Waals surface area contributed by atoms with E-state index in [1.54, 1.807) is 13.8 Å². The number of carbonyl (C=O) groups excluding carboxylic acids is 2. The highest BCUT2D eigenvalue weighted by atomic mass is 16.6. The molecule has 0 unspecified atom stereocenters. The van der Waals surface area contributed by atoms with E-state index in [9.17, 15) is 9.59 Å². The third kappa shape index (κ3) is 6.49. The summed E-state index contributed by atoms with van der Waals surface area (Å²) in [5.41, 5.74) is -1.15. The fourth-order valence-electron chi connectivity index (χ4n) is 2.25. The number of hydrogen-bond donors (Lipinski definition) is 0. The Hall–Kier alpha value is -1.06. The highest BCUT2D eigenvalue weighted by molar-refractivity contribution is 6.00. The highest BCUT2D eigenvalue weighted by Crippen LogP contribution is 2.30. The van der Waals surface area contributed by atoms with E-state index >= 15 is 0 Å². The molecular formula is C17H32O4. The lowest BCUT2D eigenvalue weighted by Gasteiger charge is -2.27. The molecule has 0 aliphatic rings. The molecule has 0 radical (unpaired) electrons. The largest absolute Gasteiger partial charge is 0.465 e. The van der Waals surface area contributed by atoms with Crippen LogP contribution in [0.15, 0.2) is 0 Å². The third-order valence-electron chi connectivity index (χ3n) is 3.81. The topological polar surface area (TPSA) is 52.6 Å². The standard InChI is InChI=1S/C17H32O4/c1-6-9-10-11-12-13-20-15(18)17(7-2,8-3)16(19)21-14(4)5/h14H,6-13H2,1-5H3. The summed E-state index contributed by atoms with van der Waals surface area (Å²) in [5, 5.41) is 0. The Morgan fingerprint density at radius 1 is 0.905 bits per heavy atom. The minimum atomic E-state index is -1.15. The van der Waals surface area contributed by atoms with Gasteiger partial charge in [-0.3, -0.25) is 9.59 Å². The summed E-state index contributed by atoms with van der Waals surface area (Å²) in [5.74, 6) is -0.896. The molecule has 0 amide bonds. The summed E-state index contributed by atoms with van der Waals surface area (Å²) in [6.45, 7) is 9.78. The summed E-state index contributed by atoms with van der Waals surface area (Å²) in [6, 6.07) is 0. The SMILES string of the molecule is CCCCCCCOC(=O)C(CC)(CC)C(=O)OC(C)C. The second kappa shape index (κ2) is 10.6. The van der Waals surface area contributed by atoms with Gasteiger partial charge in [-0.05, 0) is 33.1 Å². The van der Waals surface area contributed by atoms with Crippen LogP contribution >= 0.6 is 0 Å². The highest BCUT2D eigenvalue weighted by Gasteiger charge is 2.46. The van der Waals surface area contributed by atoms with Crippen molar-refractivity contribution in [1.82, 2.24) is 0 Å². The van der Waals surface area contributed by atoms with Crippen LogP contribution < -0.4 is 0 Å². The Kier molecular flexibility index (Phi) is 10.1. The average molecular weight is 300 g/mol. The first-order chi connectivity index (χ1) is 9.94. The van der Waals surface area contributed by atoms with Crippen molar-refractivity contribution in [3.8, 4) is 0 Å². The van der Waals surface area contributed by atoms with Gasteiger partial charge in [-0.1, -0.05) is 46.5 Å². The number of rotatable bonds is 11. The van der Waals surface area contributed by atoms with Crippen LogP contribution in [0, 0.1) is 5.41 Å². The summed E-state index contributed by atoms with van der Waals surface area (Å²) < 4.78 is 10.6. The van der Waals surface area contributed by atoms with E-state index < -0.39 is 17.4 Å². The maximum absolute atomic E-state index is 12.3. The van der Waals surface area contributed by atoms with E-state index in [1.165, 1.54) is 12.8 Å². The van der Waals surface area contributed by atoms with Gasteiger partial charge in [-0.2, -0.15) is 0 Å². The molecular weight excluding hydrogens is 268 g/mol. The van der Waals surface area contributed by atoms with E-state index in [0.29, 0.717) is 19.4 Å². The van der Waals surface area contributed by atoms with Crippen molar-refractivity contribution in [3.63, 3.8) is 0 Å². The number of carbonyl (C=O) groups is 2. The Labute approximate surface area is 129 Å². The smallest absolute Gasteiger partial charge is 0.323 e. The fraction of sp³-hybridized carbons (Fsp3) is 0.882. The average Bonchev–Trinajstić information content (AvgIpc) is 2.44. The molecule has 0 bridgehead atoms.